The van der Waals surface area contributed by atoms with E-state index < -0.39 is 20.0 Å². The van der Waals surface area contributed by atoms with Crippen molar-refractivity contribution in [2.24, 2.45) is 0 Å². The molecule has 10 heteroatoms. The van der Waals surface area contributed by atoms with E-state index in [2.05, 4.69) is 38.2 Å². The van der Waals surface area contributed by atoms with E-state index >= 15 is 0 Å². The number of nitrogens with zero attached hydrogens (tertiary/aromatic N) is 1. The number of unbranched alkanes of at least 4 members (excludes halogenated alkanes) is 40. The predicted molar refractivity (Wildman–Crippen MR) is 312 cm³/mol. The molecular weight excluding hydrogens is 928 g/mol. The molecule has 73 heavy (non-hydrogen) atoms. The average molecular weight is 1050 g/mol. The number of phosphoric ester groups is 1. The summed E-state index contributed by atoms with van der Waals surface area (Å²) in [5.74, 6) is -0.534. The Bertz CT molecular complexity index is 1300. The molecule has 0 heterocycles. The summed E-state index contributed by atoms with van der Waals surface area (Å²) < 4.78 is 30.3. The highest BCUT2D eigenvalue weighted by molar-refractivity contribution is 7.45. The van der Waals surface area contributed by atoms with Crippen LogP contribution >= 0.6 is 7.82 Å². The number of carbonyl (C=O) groups is 2. The van der Waals surface area contributed by atoms with Crippen LogP contribution in [0, 0.1) is 0 Å². The fraction of sp³-hybridized carbons (Fsp3) is 0.905. The standard InChI is InChI=1S/C63H123N2O7P/c1-7-10-13-16-19-22-25-28-30-32-33-34-36-38-41-44-47-50-53-56-63(67)72-61(54-51-48-45-42-39-27-24-21-18-15-12-9-3)60(59-71-73(68,69)70-58-57-65(4,5)6)64-62(66)55-52-49-46-43-40-37-35-31-29-26-23-20-17-14-11-8-2/h31,35,51,54,60-61H,7-30,32-34,36-50,52-53,55-59H2,1-6H3,(H-,64,66,68,69)/b35-31+,54-51+. The van der Waals surface area contributed by atoms with E-state index in [-0.39, 0.29) is 31.5 Å². The van der Waals surface area contributed by atoms with Crippen LogP contribution in [0.4, 0.5) is 0 Å². The molecule has 0 rings (SSSR count). The number of rotatable bonds is 58. The Morgan fingerprint density at radius 1 is 0.466 bits per heavy atom. The van der Waals surface area contributed by atoms with Gasteiger partial charge in [0.2, 0.25) is 5.91 Å². The summed E-state index contributed by atoms with van der Waals surface area (Å²) in [5, 5.41) is 3.03. The topological polar surface area (TPSA) is 114 Å². The molecule has 0 aliphatic carbocycles. The van der Waals surface area contributed by atoms with Crippen LogP contribution in [0.1, 0.15) is 316 Å². The SMILES string of the molecule is CCCCCCCCC/C=C/CCCCCCCC(=O)NC(COP(=O)([O-])OCC[N+](C)(C)C)C(/C=C/CCCCCCCCCCCC)OC(=O)CCCCCCCCCCCCCCCCCCCCC. The van der Waals surface area contributed by atoms with Crippen molar-refractivity contribution in [3.63, 3.8) is 0 Å². The molecule has 0 aliphatic heterocycles. The van der Waals surface area contributed by atoms with E-state index in [9.17, 15) is 19.0 Å². The average Bonchev–Trinajstić information content (AvgIpc) is 3.35. The van der Waals surface area contributed by atoms with Gasteiger partial charge in [0.1, 0.15) is 19.3 Å². The first-order valence-corrected chi connectivity index (χ1v) is 33.1. The fourth-order valence-corrected chi connectivity index (χ4v) is 10.2. The smallest absolute Gasteiger partial charge is 0.306 e. The number of amides is 1. The van der Waals surface area contributed by atoms with Crippen molar-refractivity contribution in [1.82, 2.24) is 5.32 Å². The van der Waals surface area contributed by atoms with E-state index in [0.717, 1.165) is 77.0 Å². The number of esters is 1. The lowest BCUT2D eigenvalue weighted by molar-refractivity contribution is -0.870. The molecule has 0 bridgehead atoms. The molecule has 0 aromatic heterocycles. The van der Waals surface area contributed by atoms with Gasteiger partial charge in [-0.3, -0.25) is 14.2 Å². The molecule has 0 saturated heterocycles. The number of ether oxygens (including phenoxy) is 1. The molecule has 0 spiro atoms. The minimum absolute atomic E-state index is 0.0204. The van der Waals surface area contributed by atoms with Gasteiger partial charge in [-0.15, -0.1) is 0 Å². The Balaban J connectivity index is 5.21. The van der Waals surface area contributed by atoms with Crippen molar-refractivity contribution in [3.8, 4) is 0 Å². The molecule has 0 saturated carbocycles. The highest BCUT2D eigenvalue weighted by atomic mass is 31.2. The van der Waals surface area contributed by atoms with Crippen LogP contribution in [0.2, 0.25) is 0 Å². The summed E-state index contributed by atoms with van der Waals surface area (Å²) in [5.41, 5.74) is 0. The zero-order chi connectivity index (χ0) is 53.6. The van der Waals surface area contributed by atoms with E-state index in [1.54, 1.807) is 0 Å². The van der Waals surface area contributed by atoms with Gasteiger partial charge in [0.25, 0.3) is 7.82 Å². The summed E-state index contributed by atoms with van der Waals surface area (Å²) >= 11 is 0. The van der Waals surface area contributed by atoms with Crippen molar-refractivity contribution in [3.05, 3.63) is 24.3 Å². The first kappa shape index (κ1) is 71.5. The third kappa shape index (κ3) is 55.1. The maximum absolute atomic E-state index is 13.5. The van der Waals surface area contributed by atoms with E-state index in [4.69, 9.17) is 13.8 Å². The van der Waals surface area contributed by atoms with Crippen LogP contribution < -0.4 is 10.2 Å². The predicted octanol–water partition coefficient (Wildman–Crippen LogP) is 18.7. The Hall–Kier alpha value is -1.51. The van der Waals surface area contributed by atoms with Gasteiger partial charge in [-0.1, -0.05) is 270 Å². The second kappa shape index (κ2) is 53.9. The molecule has 9 nitrogen and oxygen atoms in total. The van der Waals surface area contributed by atoms with Crippen molar-refractivity contribution in [2.75, 3.05) is 40.9 Å². The van der Waals surface area contributed by atoms with Gasteiger partial charge in [0, 0.05) is 12.8 Å². The van der Waals surface area contributed by atoms with Crippen LogP contribution in [0.25, 0.3) is 0 Å². The zero-order valence-electron chi connectivity index (χ0n) is 49.4. The first-order valence-electron chi connectivity index (χ1n) is 31.6. The third-order valence-corrected chi connectivity index (χ3v) is 15.3. The summed E-state index contributed by atoms with van der Waals surface area (Å²) in [6.45, 7) is 6.88. The fourth-order valence-electron chi connectivity index (χ4n) is 9.46. The lowest BCUT2D eigenvalue weighted by atomic mass is 10.0. The number of hydrogen-bond acceptors (Lipinski definition) is 7. The van der Waals surface area contributed by atoms with E-state index in [1.165, 1.54) is 205 Å². The van der Waals surface area contributed by atoms with Gasteiger partial charge in [-0.2, -0.15) is 0 Å². The summed E-state index contributed by atoms with van der Waals surface area (Å²) in [6, 6.07) is -0.886. The number of carbonyl (C=O) groups excluding carboxylic acids is 2. The summed E-state index contributed by atoms with van der Waals surface area (Å²) in [4.78, 5) is 40.0. The van der Waals surface area contributed by atoms with Crippen molar-refractivity contribution in [1.29, 1.82) is 0 Å². The van der Waals surface area contributed by atoms with Crippen LogP contribution in [0.15, 0.2) is 24.3 Å². The molecule has 0 radical (unpaired) electrons. The first-order chi connectivity index (χ1) is 35.4. The lowest BCUT2D eigenvalue weighted by Gasteiger charge is -2.30. The van der Waals surface area contributed by atoms with Gasteiger partial charge in [-0.05, 0) is 57.4 Å². The monoisotopic (exact) mass is 1050 g/mol. The van der Waals surface area contributed by atoms with E-state index in [1.807, 2.05) is 33.3 Å². The second-order valence-corrected chi connectivity index (χ2v) is 24.3. The van der Waals surface area contributed by atoms with Gasteiger partial charge in [0.15, 0.2) is 0 Å². The summed E-state index contributed by atoms with van der Waals surface area (Å²) in [6.07, 6.45) is 62.8. The Kier molecular flexibility index (Phi) is 52.8. The van der Waals surface area contributed by atoms with Gasteiger partial charge in [-0.25, -0.2) is 0 Å². The molecule has 0 fully saturated rings. The Morgan fingerprint density at radius 2 is 0.795 bits per heavy atom. The highest BCUT2D eigenvalue weighted by Crippen LogP contribution is 2.38. The normalized spacial score (nSPS) is 13.8. The van der Waals surface area contributed by atoms with Crippen LogP contribution in [0.3, 0.4) is 0 Å². The number of hydrogen-bond donors (Lipinski definition) is 1. The minimum atomic E-state index is -4.69. The van der Waals surface area contributed by atoms with Gasteiger partial charge < -0.3 is 28.5 Å². The number of likely N-dealkylation sites (N-methyl/N-ethyl adjacent to an activating group) is 1. The molecule has 3 unspecified atom stereocenters. The van der Waals surface area contributed by atoms with Gasteiger partial charge >= 0.3 is 5.97 Å². The molecule has 0 aromatic rings. The third-order valence-electron chi connectivity index (χ3n) is 14.4. The molecule has 1 N–H and O–H groups in total. The molecular formula is C63H123N2O7P. The zero-order valence-corrected chi connectivity index (χ0v) is 50.3. The number of quaternary nitrogens is 1. The second-order valence-electron chi connectivity index (χ2n) is 22.9. The van der Waals surface area contributed by atoms with E-state index in [0.29, 0.717) is 17.4 Å². The molecule has 3 atom stereocenters. The highest BCUT2D eigenvalue weighted by Gasteiger charge is 2.27. The molecule has 432 valence electrons. The molecule has 0 aliphatic rings. The molecule has 1 amide bonds. The number of phosphoric acid groups is 1. The van der Waals surface area contributed by atoms with Gasteiger partial charge in [0.05, 0.1) is 33.8 Å². The Labute approximate surface area is 454 Å². The lowest BCUT2D eigenvalue weighted by Crippen LogP contribution is -2.47. The van der Waals surface area contributed by atoms with Crippen molar-refractivity contribution >= 4 is 19.7 Å². The maximum Gasteiger partial charge on any atom is 0.306 e. The van der Waals surface area contributed by atoms with Crippen molar-refractivity contribution < 1.29 is 37.3 Å². The van der Waals surface area contributed by atoms with Crippen LogP contribution in [-0.2, 0) is 27.9 Å². The maximum atomic E-state index is 13.5. The summed E-state index contributed by atoms with van der Waals surface area (Å²) in [7, 11) is 1.20. The quantitative estimate of drug-likeness (QED) is 0.0212. The largest absolute Gasteiger partial charge is 0.756 e. The van der Waals surface area contributed by atoms with Crippen LogP contribution in [0.5, 0.6) is 0 Å². The Morgan fingerprint density at radius 3 is 1.16 bits per heavy atom. The number of nitrogens with one attached hydrogen (secondary N) is 1. The number of allylic oxidation sites excluding steroid dienone is 3. The van der Waals surface area contributed by atoms with Crippen LogP contribution in [-0.4, -0.2) is 69.4 Å². The van der Waals surface area contributed by atoms with Crippen molar-refractivity contribution in [2.45, 2.75) is 328 Å². The molecule has 0 aromatic carbocycles. The minimum Gasteiger partial charge on any atom is -0.756 e.